The Balaban J connectivity index is 1.91. The van der Waals surface area contributed by atoms with E-state index in [0.717, 1.165) is 0 Å². The fraction of sp³-hybridized carbons (Fsp3) is 0.214. The van der Waals surface area contributed by atoms with Crippen molar-refractivity contribution in [3.8, 4) is 5.75 Å². The molecule has 0 radical (unpaired) electrons. The number of amides is 1. The Morgan fingerprint density at radius 3 is 2.71 bits per heavy atom. The number of hydrogen-bond acceptors (Lipinski definition) is 5. The zero-order valence-electron chi connectivity index (χ0n) is 11.6. The molecule has 0 bridgehead atoms. The topological polar surface area (TPSA) is 99.2 Å². The Kier molecular flexibility index (Phi) is 4.68. The van der Waals surface area contributed by atoms with Gasteiger partial charge in [0.1, 0.15) is 12.4 Å². The lowest BCUT2D eigenvalue weighted by molar-refractivity contribution is 0.0953. The van der Waals surface area contributed by atoms with Gasteiger partial charge in [-0.2, -0.15) is 0 Å². The second-order valence-corrected chi connectivity index (χ2v) is 4.41. The van der Waals surface area contributed by atoms with Crippen molar-refractivity contribution in [1.29, 1.82) is 0 Å². The van der Waals surface area contributed by atoms with Crippen LogP contribution in [-0.4, -0.2) is 22.1 Å². The molecule has 0 saturated heterocycles. The number of aryl methyl sites for hydroxylation is 1. The van der Waals surface area contributed by atoms with Crippen LogP contribution in [0.5, 0.6) is 5.75 Å². The van der Waals surface area contributed by atoms with Crippen molar-refractivity contribution in [3.63, 3.8) is 0 Å². The Labute approximate surface area is 121 Å². The summed E-state index contributed by atoms with van der Waals surface area (Å²) in [6.07, 6.45) is 1.50. The van der Waals surface area contributed by atoms with Crippen LogP contribution in [0, 0.1) is 6.92 Å². The van der Waals surface area contributed by atoms with Crippen molar-refractivity contribution >= 4 is 5.91 Å². The smallest absolute Gasteiger partial charge is 0.265 e. The summed E-state index contributed by atoms with van der Waals surface area (Å²) >= 11 is 0. The maximum absolute atomic E-state index is 11.6. The van der Waals surface area contributed by atoms with Crippen LogP contribution in [0.2, 0.25) is 0 Å². The van der Waals surface area contributed by atoms with Crippen LogP contribution >= 0.6 is 0 Å². The monoisotopic (exact) mass is 288 g/mol. The molecule has 0 aliphatic heterocycles. The molecule has 1 amide bonds. The minimum Gasteiger partial charge on any atom is -0.492 e. The molecule has 0 spiro atoms. The van der Waals surface area contributed by atoms with E-state index in [0.29, 0.717) is 30.2 Å². The molecule has 1 aromatic heterocycles. The van der Waals surface area contributed by atoms with Crippen LogP contribution in [-0.2, 0) is 6.54 Å². The lowest BCUT2D eigenvalue weighted by atomic mass is 10.2. The average Bonchev–Trinajstić information content (AvgIpc) is 2.49. The summed E-state index contributed by atoms with van der Waals surface area (Å²) in [7, 11) is 0. The van der Waals surface area contributed by atoms with Crippen LogP contribution in [0.1, 0.15) is 16.1 Å². The highest BCUT2D eigenvalue weighted by atomic mass is 16.5. The van der Waals surface area contributed by atoms with E-state index in [1.165, 1.54) is 17.0 Å². The van der Waals surface area contributed by atoms with Gasteiger partial charge in [-0.05, 0) is 31.2 Å². The fourth-order valence-corrected chi connectivity index (χ4v) is 1.73. The molecule has 21 heavy (non-hydrogen) atoms. The number of rotatable bonds is 5. The lowest BCUT2D eigenvalue weighted by Gasteiger charge is -2.08. The van der Waals surface area contributed by atoms with Crippen molar-refractivity contribution in [2.45, 2.75) is 13.5 Å². The predicted molar refractivity (Wildman–Crippen MR) is 76.8 cm³/mol. The van der Waals surface area contributed by atoms with E-state index in [9.17, 15) is 9.59 Å². The number of nitrogens with one attached hydrogen (secondary N) is 1. The van der Waals surface area contributed by atoms with Crippen LogP contribution in [0.25, 0.3) is 0 Å². The summed E-state index contributed by atoms with van der Waals surface area (Å²) < 4.78 is 6.99. The molecule has 0 unspecified atom stereocenters. The van der Waals surface area contributed by atoms with Gasteiger partial charge in [-0.15, -0.1) is 0 Å². The Morgan fingerprint density at radius 2 is 2.10 bits per heavy atom. The Hall–Kier alpha value is -2.67. The number of carbonyl (C=O) groups is 1. The van der Waals surface area contributed by atoms with Gasteiger partial charge in [-0.25, -0.2) is 10.8 Å². The standard InChI is InChI=1S/C14H16N4O3/c1-10-8-13(19)18(9-16-10)6-7-21-12-4-2-11(3-5-12)14(20)17-15/h2-5,8-9H,6-7,15H2,1H3,(H,17,20). The normalized spacial score (nSPS) is 10.2. The van der Waals surface area contributed by atoms with Gasteiger partial charge < -0.3 is 4.74 Å². The van der Waals surface area contributed by atoms with Crippen molar-refractivity contribution in [3.05, 3.63) is 58.3 Å². The number of aromatic nitrogens is 2. The third-order valence-electron chi connectivity index (χ3n) is 2.86. The third-order valence-corrected chi connectivity index (χ3v) is 2.86. The zero-order valence-corrected chi connectivity index (χ0v) is 11.6. The number of benzene rings is 1. The predicted octanol–water partition coefficient (Wildman–Crippen LogP) is 0.234. The highest BCUT2D eigenvalue weighted by Gasteiger charge is 2.03. The number of nitrogens with two attached hydrogens (primary N) is 1. The molecule has 2 rings (SSSR count). The maximum atomic E-state index is 11.6. The number of nitrogen functional groups attached to an aromatic ring is 1. The number of hydrogen-bond donors (Lipinski definition) is 2. The first kappa shape index (κ1) is 14.7. The van der Waals surface area contributed by atoms with Crippen molar-refractivity contribution in [1.82, 2.24) is 15.0 Å². The van der Waals surface area contributed by atoms with Gasteiger partial charge in [-0.3, -0.25) is 19.6 Å². The summed E-state index contributed by atoms with van der Waals surface area (Å²) in [4.78, 5) is 27.0. The van der Waals surface area contributed by atoms with E-state index >= 15 is 0 Å². The number of ether oxygens (including phenoxy) is 1. The van der Waals surface area contributed by atoms with E-state index < -0.39 is 0 Å². The van der Waals surface area contributed by atoms with Crippen LogP contribution in [0.3, 0.4) is 0 Å². The molecular formula is C14H16N4O3. The number of nitrogens with zero attached hydrogens (tertiary/aromatic N) is 2. The molecule has 0 saturated carbocycles. The van der Waals surface area contributed by atoms with E-state index in [1.54, 1.807) is 31.2 Å². The Bertz CT molecular complexity index is 679. The second-order valence-electron chi connectivity index (χ2n) is 4.41. The van der Waals surface area contributed by atoms with Gasteiger partial charge in [0.2, 0.25) is 0 Å². The maximum Gasteiger partial charge on any atom is 0.265 e. The molecule has 7 nitrogen and oxygen atoms in total. The number of hydrazine groups is 1. The zero-order chi connectivity index (χ0) is 15.2. The second kappa shape index (κ2) is 6.67. The molecule has 110 valence electrons. The summed E-state index contributed by atoms with van der Waals surface area (Å²) in [5, 5.41) is 0. The molecular weight excluding hydrogens is 272 g/mol. The molecule has 2 aromatic rings. The number of carbonyl (C=O) groups excluding carboxylic acids is 1. The Morgan fingerprint density at radius 1 is 1.38 bits per heavy atom. The van der Waals surface area contributed by atoms with E-state index in [2.05, 4.69) is 10.4 Å². The van der Waals surface area contributed by atoms with Crippen LogP contribution in [0.4, 0.5) is 0 Å². The quantitative estimate of drug-likeness (QED) is 0.466. The van der Waals surface area contributed by atoms with E-state index in [4.69, 9.17) is 10.6 Å². The highest BCUT2D eigenvalue weighted by Crippen LogP contribution is 2.11. The minimum atomic E-state index is -0.362. The van der Waals surface area contributed by atoms with Gasteiger partial charge in [0, 0.05) is 17.3 Å². The van der Waals surface area contributed by atoms with Crippen molar-refractivity contribution in [2.24, 2.45) is 5.84 Å². The molecule has 0 fully saturated rings. The SMILES string of the molecule is Cc1cc(=O)n(CCOc2ccc(C(=O)NN)cc2)cn1. The molecule has 0 aliphatic rings. The molecule has 1 aromatic carbocycles. The van der Waals surface area contributed by atoms with E-state index in [1.807, 2.05) is 0 Å². The summed E-state index contributed by atoms with van der Waals surface area (Å²) in [6.45, 7) is 2.49. The van der Waals surface area contributed by atoms with Crippen molar-refractivity contribution in [2.75, 3.05) is 6.61 Å². The molecule has 0 aliphatic carbocycles. The van der Waals surface area contributed by atoms with Gasteiger partial charge in [0.15, 0.2) is 0 Å². The summed E-state index contributed by atoms with van der Waals surface area (Å²) in [5.74, 6) is 5.29. The van der Waals surface area contributed by atoms with Crippen LogP contribution < -0.4 is 21.6 Å². The molecule has 1 heterocycles. The summed E-state index contributed by atoms with van der Waals surface area (Å²) in [5.41, 5.74) is 3.08. The molecule has 3 N–H and O–H groups in total. The first-order valence-electron chi connectivity index (χ1n) is 6.37. The third kappa shape index (κ3) is 3.90. The molecule has 7 heteroatoms. The lowest BCUT2D eigenvalue weighted by Crippen LogP contribution is -2.29. The van der Waals surface area contributed by atoms with Crippen LogP contribution in [0.15, 0.2) is 41.5 Å². The minimum absolute atomic E-state index is 0.110. The van der Waals surface area contributed by atoms with Crippen molar-refractivity contribution < 1.29 is 9.53 Å². The largest absolute Gasteiger partial charge is 0.492 e. The van der Waals surface area contributed by atoms with Gasteiger partial charge in [0.05, 0.1) is 12.9 Å². The first-order valence-corrected chi connectivity index (χ1v) is 6.37. The van der Waals surface area contributed by atoms with Gasteiger partial charge in [-0.1, -0.05) is 0 Å². The fourth-order valence-electron chi connectivity index (χ4n) is 1.73. The van der Waals surface area contributed by atoms with E-state index in [-0.39, 0.29) is 11.5 Å². The highest BCUT2D eigenvalue weighted by molar-refractivity contribution is 5.93. The molecule has 0 atom stereocenters. The first-order chi connectivity index (χ1) is 10.1. The average molecular weight is 288 g/mol. The summed E-state index contributed by atoms with van der Waals surface area (Å²) in [6, 6.07) is 8.02. The van der Waals surface area contributed by atoms with Gasteiger partial charge in [0.25, 0.3) is 11.5 Å². The van der Waals surface area contributed by atoms with Gasteiger partial charge >= 0.3 is 0 Å².